The Bertz CT molecular complexity index is 367. The van der Waals surface area contributed by atoms with E-state index in [4.69, 9.17) is 5.73 Å². The fourth-order valence-corrected chi connectivity index (χ4v) is 0.667. The largest absolute Gasteiger partial charge is 0.383 e. The maximum atomic E-state index is 11.0. The molecule has 0 saturated heterocycles. The Morgan fingerprint density at radius 1 is 1.58 bits per heavy atom. The number of nitrogens with zero attached hydrogens (tertiary/aromatic N) is 2. The van der Waals surface area contributed by atoms with Gasteiger partial charge in [-0.05, 0) is 12.1 Å². The smallest absolute Gasteiger partial charge is 0.353 e. The minimum Gasteiger partial charge on any atom is -0.383 e. The topological polar surface area (TPSA) is 78.0 Å². The number of hydrogen-bond donors (Lipinski definition) is 1. The van der Waals surface area contributed by atoms with Gasteiger partial charge in [0.1, 0.15) is 12.1 Å². The number of hydrogen-bond acceptors (Lipinski definition) is 4. The van der Waals surface area contributed by atoms with Gasteiger partial charge in [0.15, 0.2) is 0 Å². The van der Waals surface area contributed by atoms with Crippen molar-refractivity contribution in [3.8, 4) is 0 Å². The van der Waals surface area contributed by atoms with E-state index < -0.39 is 5.69 Å². The summed E-state index contributed by atoms with van der Waals surface area (Å²) in [6.07, 6.45) is 4.51. The van der Waals surface area contributed by atoms with Gasteiger partial charge in [-0.2, -0.15) is 4.98 Å². The van der Waals surface area contributed by atoms with Gasteiger partial charge in [0.2, 0.25) is 0 Å². The maximum Gasteiger partial charge on any atom is 0.353 e. The fourth-order valence-electron chi connectivity index (χ4n) is 0.667. The monoisotopic (exact) mass is 165 g/mol. The van der Waals surface area contributed by atoms with Crippen molar-refractivity contribution in [2.24, 2.45) is 0 Å². The van der Waals surface area contributed by atoms with Crippen molar-refractivity contribution in [1.82, 2.24) is 9.55 Å². The molecular weight excluding hydrogens is 158 g/mol. The average Bonchev–Trinajstić information content (AvgIpc) is 2.03. The van der Waals surface area contributed by atoms with E-state index in [9.17, 15) is 9.59 Å². The molecule has 0 aromatic carbocycles. The molecule has 0 unspecified atom stereocenters. The summed E-state index contributed by atoms with van der Waals surface area (Å²) < 4.78 is 1.16. The summed E-state index contributed by atoms with van der Waals surface area (Å²) in [6, 6.07) is 1.47. The molecule has 0 fully saturated rings. The van der Waals surface area contributed by atoms with Crippen LogP contribution in [-0.4, -0.2) is 15.8 Å². The van der Waals surface area contributed by atoms with E-state index >= 15 is 0 Å². The number of carbonyl (C=O) groups is 1. The van der Waals surface area contributed by atoms with Gasteiger partial charge in [-0.1, -0.05) is 0 Å². The van der Waals surface area contributed by atoms with Gasteiger partial charge in [-0.3, -0.25) is 9.36 Å². The summed E-state index contributed by atoms with van der Waals surface area (Å²) in [4.78, 5) is 24.3. The molecule has 0 atom stereocenters. The molecule has 1 heterocycles. The van der Waals surface area contributed by atoms with E-state index in [1.54, 1.807) is 0 Å². The lowest BCUT2D eigenvalue weighted by molar-refractivity contribution is -0.104. The molecule has 12 heavy (non-hydrogen) atoms. The van der Waals surface area contributed by atoms with E-state index in [-0.39, 0.29) is 5.82 Å². The lowest BCUT2D eigenvalue weighted by Gasteiger charge is -1.95. The Balaban J connectivity index is 3.10. The number of carbonyl (C=O) groups excluding carboxylic acids is 1. The third-order valence-corrected chi connectivity index (χ3v) is 1.18. The molecule has 1 rings (SSSR count). The average molecular weight is 165 g/mol. The van der Waals surface area contributed by atoms with E-state index in [1.165, 1.54) is 24.5 Å². The summed E-state index contributed by atoms with van der Waals surface area (Å²) in [6.45, 7) is 0. The van der Waals surface area contributed by atoms with Crippen molar-refractivity contribution in [2.45, 2.75) is 0 Å². The second kappa shape index (κ2) is 3.47. The number of nitrogens with two attached hydrogens (primary N) is 1. The van der Waals surface area contributed by atoms with E-state index in [0.29, 0.717) is 6.29 Å². The van der Waals surface area contributed by atoms with Gasteiger partial charge < -0.3 is 5.73 Å². The second-order valence-corrected chi connectivity index (χ2v) is 2.02. The SMILES string of the molecule is Nc1ccn(/C=C/C=O)c(=O)n1. The van der Waals surface area contributed by atoms with Crippen molar-refractivity contribution in [1.29, 1.82) is 0 Å². The number of aromatic nitrogens is 2. The van der Waals surface area contributed by atoms with Crippen LogP contribution in [0.3, 0.4) is 0 Å². The van der Waals surface area contributed by atoms with Gasteiger partial charge in [0.25, 0.3) is 0 Å². The van der Waals surface area contributed by atoms with Crippen molar-refractivity contribution in [3.05, 3.63) is 28.8 Å². The molecule has 0 amide bonds. The molecule has 0 spiro atoms. The zero-order valence-electron chi connectivity index (χ0n) is 6.18. The standard InChI is InChI=1S/C7H7N3O2/c8-6-2-4-10(3-1-5-11)7(12)9-6/h1-5H,(H2,8,9,12)/b3-1+. The Hall–Kier alpha value is -1.91. The molecule has 0 bridgehead atoms. The Labute approximate surface area is 68.1 Å². The van der Waals surface area contributed by atoms with E-state index in [2.05, 4.69) is 4.98 Å². The first-order valence-corrected chi connectivity index (χ1v) is 3.20. The number of nitrogen functional groups attached to an aromatic ring is 1. The van der Waals surface area contributed by atoms with Gasteiger partial charge in [-0.15, -0.1) is 0 Å². The molecule has 5 heteroatoms. The molecule has 0 aliphatic heterocycles. The molecule has 0 saturated carbocycles. The fraction of sp³-hybridized carbons (Fsp3) is 0. The number of rotatable bonds is 2. The van der Waals surface area contributed by atoms with E-state index in [1.807, 2.05) is 0 Å². The summed E-state index contributed by atoms with van der Waals surface area (Å²) in [5.41, 5.74) is 4.73. The summed E-state index contributed by atoms with van der Waals surface area (Å²) in [7, 11) is 0. The Morgan fingerprint density at radius 3 is 2.92 bits per heavy atom. The molecule has 1 aromatic rings. The highest BCUT2D eigenvalue weighted by Crippen LogP contribution is 1.89. The molecule has 2 N–H and O–H groups in total. The lowest BCUT2D eigenvalue weighted by atomic mass is 10.6. The second-order valence-electron chi connectivity index (χ2n) is 2.02. The number of allylic oxidation sites excluding steroid dienone is 1. The van der Waals surface area contributed by atoms with Gasteiger partial charge in [-0.25, -0.2) is 4.79 Å². The molecule has 1 aromatic heterocycles. The normalized spacial score (nSPS) is 10.3. The first-order valence-electron chi connectivity index (χ1n) is 3.20. The minimum absolute atomic E-state index is 0.163. The van der Waals surface area contributed by atoms with Crippen LogP contribution in [-0.2, 0) is 4.79 Å². The van der Waals surface area contributed by atoms with Crippen molar-refractivity contribution < 1.29 is 4.79 Å². The van der Waals surface area contributed by atoms with Crippen LogP contribution in [0.2, 0.25) is 0 Å². The van der Waals surface area contributed by atoms with Crippen LogP contribution in [0.5, 0.6) is 0 Å². The quantitative estimate of drug-likeness (QED) is 0.473. The highest BCUT2D eigenvalue weighted by atomic mass is 16.1. The summed E-state index contributed by atoms with van der Waals surface area (Å²) >= 11 is 0. The van der Waals surface area contributed by atoms with Crippen LogP contribution in [0, 0.1) is 0 Å². The van der Waals surface area contributed by atoms with Crippen molar-refractivity contribution in [3.63, 3.8) is 0 Å². The molecule has 0 radical (unpaired) electrons. The van der Waals surface area contributed by atoms with Crippen LogP contribution in [0.4, 0.5) is 5.82 Å². The Morgan fingerprint density at radius 2 is 2.33 bits per heavy atom. The predicted molar refractivity (Wildman–Crippen MR) is 44.3 cm³/mol. The van der Waals surface area contributed by atoms with Crippen molar-refractivity contribution in [2.75, 3.05) is 5.73 Å². The van der Waals surface area contributed by atoms with Gasteiger partial charge >= 0.3 is 5.69 Å². The zero-order valence-corrected chi connectivity index (χ0v) is 6.18. The first-order chi connectivity index (χ1) is 5.74. The first kappa shape index (κ1) is 8.19. The number of aldehydes is 1. The van der Waals surface area contributed by atoms with Crippen LogP contribution in [0.1, 0.15) is 0 Å². The number of anilines is 1. The van der Waals surface area contributed by atoms with E-state index in [0.717, 1.165) is 4.57 Å². The minimum atomic E-state index is -0.506. The Kier molecular flexibility index (Phi) is 2.37. The highest BCUT2D eigenvalue weighted by molar-refractivity contribution is 5.69. The van der Waals surface area contributed by atoms with Crippen LogP contribution in [0.15, 0.2) is 23.1 Å². The van der Waals surface area contributed by atoms with Crippen LogP contribution < -0.4 is 11.4 Å². The lowest BCUT2D eigenvalue weighted by Crippen LogP contribution is -2.19. The van der Waals surface area contributed by atoms with Crippen molar-refractivity contribution >= 4 is 18.3 Å². The molecule has 5 nitrogen and oxygen atoms in total. The summed E-state index contributed by atoms with van der Waals surface area (Å²) in [5.74, 6) is 0.163. The van der Waals surface area contributed by atoms with Gasteiger partial charge in [0, 0.05) is 12.4 Å². The zero-order chi connectivity index (χ0) is 8.97. The highest BCUT2D eigenvalue weighted by Gasteiger charge is 1.91. The third-order valence-electron chi connectivity index (χ3n) is 1.18. The predicted octanol–water partition coefficient (Wildman–Crippen LogP) is -0.505. The molecule has 62 valence electrons. The van der Waals surface area contributed by atoms with Crippen LogP contribution >= 0.6 is 0 Å². The van der Waals surface area contributed by atoms with Gasteiger partial charge in [0.05, 0.1) is 0 Å². The van der Waals surface area contributed by atoms with Crippen LogP contribution in [0.25, 0.3) is 6.20 Å². The maximum absolute atomic E-state index is 11.0. The molecular formula is C7H7N3O2. The molecule has 0 aliphatic carbocycles. The molecule has 0 aliphatic rings. The third kappa shape index (κ3) is 1.79. The summed E-state index contributed by atoms with van der Waals surface area (Å²) in [5, 5.41) is 0.